The molecule has 3 rings (SSSR count). The first-order chi connectivity index (χ1) is 11.3. The monoisotopic (exact) mass is 311 g/mol. The maximum Gasteiger partial charge on any atom is 0.334 e. The average Bonchev–Trinajstić information content (AvgIpc) is 3.11. The van der Waals surface area contributed by atoms with Crippen molar-refractivity contribution in [1.29, 1.82) is 0 Å². The Balaban J connectivity index is 1.60. The molecule has 0 aliphatic carbocycles. The third-order valence-electron chi connectivity index (χ3n) is 3.48. The molecule has 5 heteroatoms. The minimum absolute atomic E-state index is 0.203. The molecular formula is C18H17NO4. The molecule has 2 aromatic rings. The summed E-state index contributed by atoms with van der Waals surface area (Å²) in [6, 6.07) is 16.3. The Morgan fingerprint density at radius 1 is 1.17 bits per heavy atom. The number of hydrogen-bond acceptors (Lipinski definition) is 5. The van der Waals surface area contributed by atoms with Crippen molar-refractivity contribution < 1.29 is 19.0 Å². The Morgan fingerprint density at radius 2 is 1.91 bits per heavy atom. The molecule has 0 amide bonds. The largest absolute Gasteiger partial charge is 0.497 e. The van der Waals surface area contributed by atoms with Crippen molar-refractivity contribution in [2.45, 2.75) is 12.6 Å². The molecular weight excluding hydrogens is 294 g/mol. The van der Waals surface area contributed by atoms with Gasteiger partial charge in [-0.05, 0) is 29.8 Å². The van der Waals surface area contributed by atoms with Crippen molar-refractivity contribution in [1.82, 2.24) is 0 Å². The number of rotatable bonds is 5. The van der Waals surface area contributed by atoms with Crippen LogP contribution in [0.5, 0.6) is 5.75 Å². The molecule has 0 radical (unpaired) electrons. The Labute approximate surface area is 134 Å². The SMILES string of the molecule is COc1ccc(C2=NC(C(=O)OCc3ccccc3)CO2)cc1. The summed E-state index contributed by atoms with van der Waals surface area (Å²) in [7, 11) is 1.61. The molecule has 5 nitrogen and oxygen atoms in total. The molecule has 0 bridgehead atoms. The zero-order valence-corrected chi connectivity index (χ0v) is 12.8. The summed E-state index contributed by atoms with van der Waals surface area (Å²) >= 11 is 0. The lowest BCUT2D eigenvalue weighted by molar-refractivity contribution is -0.146. The van der Waals surface area contributed by atoms with Gasteiger partial charge in [-0.15, -0.1) is 0 Å². The van der Waals surface area contributed by atoms with Gasteiger partial charge < -0.3 is 14.2 Å². The molecule has 0 N–H and O–H groups in total. The van der Waals surface area contributed by atoms with Crippen molar-refractivity contribution in [3.63, 3.8) is 0 Å². The Kier molecular flexibility index (Phi) is 4.57. The van der Waals surface area contributed by atoms with E-state index in [9.17, 15) is 4.79 Å². The topological polar surface area (TPSA) is 57.1 Å². The quantitative estimate of drug-likeness (QED) is 0.796. The van der Waals surface area contributed by atoms with Crippen LogP contribution in [0, 0.1) is 0 Å². The van der Waals surface area contributed by atoms with Crippen LogP contribution in [-0.4, -0.2) is 31.6 Å². The van der Waals surface area contributed by atoms with Crippen LogP contribution < -0.4 is 4.74 Å². The number of nitrogens with zero attached hydrogens (tertiary/aromatic N) is 1. The predicted octanol–water partition coefficient (Wildman–Crippen LogP) is 2.58. The predicted molar refractivity (Wildman–Crippen MR) is 85.5 cm³/mol. The molecule has 0 saturated heterocycles. The minimum atomic E-state index is -0.615. The lowest BCUT2D eigenvalue weighted by atomic mass is 10.2. The van der Waals surface area contributed by atoms with Gasteiger partial charge in [-0.25, -0.2) is 9.79 Å². The Morgan fingerprint density at radius 3 is 2.61 bits per heavy atom. The van der Waals surface area contributed by atoms with Crippen molar-refractivity contribution in [3.8, 4) is 5.75 Å². The number of esters is 1. The molecule has 0 aromatic heterocycles. The number of hydrogen-bond donors (Lipinski definition) is 0. The van der Waals surface area contributed by atoms with E-state index in [1.165, 1.54) is 0 Å². The van der Waals surface area contributed by atoms with Gasteiger partial charge >= 0.3 is 5.97 Å². The fourth-order valence-corrected chi connectivity index (χ4v) is 2.21. The first-order valence-corrected chi connectivity index (χ1v) is 7.32. The van der Waals surface area contributed by atoms with Crippen molar-refractivity contribution in [2.75, 3.05) is 13.7 Å². The zero-order chi connectivity index (χ0) is 16.1. The van der Waals surface area contributed by atoms with E-state index in [-0.39, 0.29) is 19.2 Å². The summed E-state index contributed by atoms with van der Waals surface area (Å²) < 4.78 is 15.9. The first kappa shape index (κ1) is 15.1. The summed E-state index contributed by atoms with van der Waals surface area (Å²) in [6.45, 7) is 0.443. The number of ether oxygens (including phenoxy) is 3. The van der Waals surface area contributed by atoms with Gasteiger partial charge in [-0.1, -0.05) is 30.3 Å². The summed E-state index contributed by atoms with van der Waals surface area (Å²) in [5.74, 6) is 0.831. The van der Waals surface area contributed by atoms with Crippen LogP contribution in [0.3, 0.4) is 0 Å². The molecule has 1 heterocycles. The fraction of sp³-hybridized carbons (Fsp3) is 0.222. The highest BCUT2D eigenvalue weighted by molar-refractivity contribution is 5.97. The highest BCUT2D eigenvalue weighted by Crippen LogP contribution is 2.17. The first-order valence-electron chi connectivity index (χ1n) is 7.32. The summed E-state index contributed by atoms with van der Waals surface area (Å²) in [6.07, 6.45) is 0. The highest BCUT2D eigenvalue weighted by Gasteiger charge is 2.27. The molecule has 1 aliphatic heterocycles. The third-order valence-corrected chi connectivity index (χ3v) is 3.48. The second kappa shape index (κ2) is 6.96. The van der Waals surface area contributed by atoms with Gasteiger partial charge in [-0.2, -0.15) is 0 Å². The maximum atomic E-state index is 12.1. The summed E-state index contributed by atoms with van der Waals surface area (Å²) in [5, 5.41) is 0. The van der Waals surface area contributed by atoms with Crippen molar-refractivity contribution >= 4 is 11.9 Å². The van der Waals surface area contributed by atoms with Gasteiger partial charge in [0.1, 0.15) is 19.0 Å². The van der Waals surface area contributed by atoms with E-state index in [1.807, 2.05) is 54.6 Å². The van der Waals surface area contributed by atoms with Gasteiger partial charge in [0.05, 0.1) is 7.11 Å². The normalized spacial score (nSPS) is 16.4. The second-order valence-corrected chi connectivity index (χ2v) is 5.08. The number of carbonyl (C=O) groups is 1. The molecule has 23 heavy (non-hydrogen) atoms. The van der Waals surface area contributed by atoms with Crippen molar-refractivity contribution in [2.24, 2.45) is 4.99 Å². The number of carbonyl (C=O) groups excluding carboxylic acids is 1. The molecule has 0 spiro atoms. The van der Waals surface area contributed by atoms with Crippen LogP contribution in [0.25, 0.3) is 0 Å². The Hall–Kier alpha value is -2.82. The van der Waals surface area contributed by atoms with Crippen LogP contribution in [0.1, 0.15) is 11.1 Å². The lowest BCUT2D eigenvalue weighted by Gasteiger charge is -2.06. The molecule has 118 valence electrons. The average molecular weight is 311 g/mol. The lowest BCUT2D eigenvalue weighted by Crippen LogP contribution is -2.22. The summed E-state index contributed by atoms with van der Waals surface area (Å²) in [5.41, 5.74) is 1.75. The molecule has 0 saturated carbocycles. The third kappa shape index (κ3) is 3.69. The van der Waals surface area contributed by atoms with E-state index in [4.69, 9.17) is 14.2 Å². The highest BCUT2D eigenvalue weighted by atomic mass is 16.5. The molecule has 1 aliphatic rings. The van der Waals surface area contributed by atoms with E-state index in [2.05, 4.69) is 4.99 Å². The van der Waals surface area contributed by atoms with Gasteiger partial charge in [0.25, 0.3) is 0 Å². The molecule has 1 atom stereocenters. The van der Waals surface area contributed by atoms with Crippen LogP contribution in [0.2, 0.25) is 0 Å². The van der Waals surface area contributed by atoms with Gasteiger partial charge in [0, 0.05) is 5.56 Å². The van der Waals surface area contributed by atoms with Gasteiger partial charge in [0.15, 0.2) is 6.04 Å². The molecule has 1 unspecified atom stereocenters. The molecule has 2 aromatic carbocycles. The van der Waals surface area contributed by atoms with E-state index >= 15 is 0 Å². The minimum Gasteiger partial charge on any atom is -0.497 e. The van der Waals surface area contributed by atoms with E-state index in [0.717, 1.165) is 16.9 Å². The zero-order valence-electron chi connectivity index (χ0n) is 12.8. The van der Waals surface area contributed by atoms with E-state index < -0.39 is 6.04 Å². The van der Waals surface area contributed by atoms with E-state index in [0.29, 0.717) is 5.90 Å². The van der Waals surface area contributed by atoms with Crippen LogP contribution in [0.15, 0.2) is 59.6 Å². The fourth-order valence-electron chi connectivity index (χ4n) is 2.21. The number of methoxy groups -OCH3 is 1. The van der Waals surface area contributed by atoms with Crippen LogP contribution >= 0.6 is 0 Å². The molecule has 0 fully saturated rings. The van der Waals surface area contributed by atoms with Crippen LogP contribution in [0.4, 0.5) is 0 Å². The van der Waals surface area contributed by atoms with Crippen LogP contribution in [-0.2, 0) is 20.9 Å². The maximum absolute atomic E-state index is 12.1. The smallest absolute Gasteiger partial charge is 0.334 e. The Bertz CT molecular complexity index is 695. The van der Waals surface area contributed by atoms with Gasteiger partial charge in [-0.3, -0.25) is 0 Å². The second-order valence-electron chi connectivity index (χ2n) is 5.08. The van der Waals surface area contributed by atoms with E-state index in [1.54, 1.807) is 7.11 Å². The van der Waals surface area contributed by atoms with Gasteiger partial charge in [0.2, 0.25) is 5.90 Å². The number of benzene rings is 2. The number of aliphatic imine (C=N–C) groups is 1. The summed E-state index contributed by atoms with van der Waals surface area (Å²) in [4.78, 5) is 16.4. The van der Waals surface area contributed by atoms with Crippen molar-refractivity contribution in [3.05, 3.63) is 65.7 Å². The standard InChI is InChI=1S/C18H17NO4/c1-21-15-9-7-14(8-10-15)17-19-16(12-22-17)18(20)23-11-13-5-3-2-4-6-13/h2-10,16H,11-12H2,1H3.